The first-order valence-corrected chi connectivity index (χ1v) is 8.04. The van der Waals surface area contributed by atoms with Gasteiger partial charge < -0.3 is 4.74 Å². The molecule has 2 rings (SSSR count). The lowest BCUT2D eigenvalue weighted by Crippen LogP contribution is -2.14. The molecule has 0 atom stereocenters. The molecule has 0 spiro atoms. The molecular formula is C16H14FNO4S. The average Bonchev–Trinajstić information content (AvgIpc) is 2.55. The first kappa shape index (κ1) is 16.7. The molecule has 2 aromatic rings. The number of nitrogens with one attached hydrogen (secondary N) is 1. The zero-order chi connectivity index (χ0) is 16.9. The topological polar surface area (TPSA) is 72.5 Å². The highest BCUT2D eigenvalue weighted by Gasteiger charge is 2.16. The van der Waals surface area contributed by atoms with E-state index in [4.69, 9.17) is 0 Å². The smallest absolute Gasteiger partial charge is 0.330 e. The molecule has 7 heteroatoms. The number of benzene rings is 2. The van der Waals surface area contributed by atoms with E-state index in [9.17, 15) is 17.6 Å². The van der Waals surface area contributed by atoms with Crippen molar-refractivity contribution in [3.05, 3.63) is 66.0 Å². The van der Waals surface area contributed by atoms with E-state index in [1.54, 1.807) is 6.07 Å². The van der Waals surface area contributed by atoms with Crippen LogP contribution in [0.5, 0.6) is 0 Å². The molecule has 0 aliphatic rings. The average molecular weight is 335 g/mol. The number of carbonyl (C=O) groups excluding carboxylic acids is 1. The molecular weight excluding hydrogens is 321 g/mol. The van der Waals surface area contributed by atoms with Gasteiger partial charge in [-0.2, -0.15) is 0 Å². The minimum absolute atomic E-state index is 0.0484. The van der Waals surface area contributed by atoms with Crippen LogP contribution in [0.25, 0.3) is 6.08 Å². The predicted molar refractivity (Wildman–Crippen MR) is 84.7 cm³/mol. The van der Waals surface area contributed by atoms with Crippen LogP contribution in [-0.4, -0.2) is 21.5 Å². The zero-order valence-corrected chi connectivity index (χ0v) is 13.0. The second-order valence-electron chi connectivity index (χ2n) is 4.51. The van der Waals surface area contributed by atoms with Crippen molar-refractivity contribution in [1.29, 1.82) is 0 Å². The summed E-state index contributed by atoms with van der Waals surface area (Å²) in [7, 11) is -2.70. The SMILES string of the molecule is COC(=O)C=Cc1cccc(S(=O)(=O)Nc2ccccc2F)c1. The summed E-state index contributed by atoms with van der Waals surface area (Å²) >= 11 is 0. The minimum Gasteiger partial charge on any atom is -0.466 e. The lowest BCUT2D eigenvalue weighted by atomic mass is 10.2. The largest absolute Gasteiger partial charge is 0.466 e. The molecule has 0 saturated heterocycles. The van der Waals surface area contributed by atoms with Crippen LogP contribution < -0.4 is 4.72 Å². The molecule has 0 bridgehead atoms. The van der Waals surface area contributed by atoms with Crippen molar-refractivity contribution >= 4 is 27.8 Å². The minimum atomic E-state index is -3.94. The normalized spacial score (nSPS) is 11.4. The molecule has 0 amide bonds. The van der Waals surface area contributed by atoms with E-state index < -0.39 is 21.8 Å². The van der Waals surface area contributed by atoms with E-state index in [2.05, 4.69) is 9.46 Å². The number of carbonyl (C=O) groups is 1. The number of esters is 1. The molecule has 120 valence electrons. The fraction of sp³-hybridized carbons (Fsp3) is 0.0625. The zero-order valence-electron chi connectivity index (χ0n) is 12.2. The first-order valence-electron chi connectivity index (χ1n) is 6.56. The quantitative estimate of drug-likeness (QED) is 0.674. The summed E-state index contributed by atoms with van der Waals surface area (Å²) in [6, 6.07) is 11.4. The third-order valence-electron chi connectivity index (χ3n) is 2.90. The van der Waals surface area contributed by atoms with Gasteiger partial charge in [-0.3, -0.25) is 4.72 Å². The Balaban J connectivity index is 2.28. The molecule has 0 fully saturated rings. The summed E-state index contributed by atoms with van der Waals surface area (Å²) in [5.74, 6) is -1.22. The first-order chi connectivity index (χ1) is 10.9. The van der Waals surface area contributed by atoms with E-state index in [-0.39, 0.29) is 10.6 Å². The summed E-state index contributed by atoms with van der Waals surface area (Å²) in [6.45, 7) is 0. The van der Waals surface area contributed by atoms with Crippen molar-refractivity contribution in [2.45, 2.75) is 4.90 Å². The van der Waals surface area contributed by atoms with Crippen LogP contribution in [0.4, 0.5) is 10.1 Å². The van der Waals surface area contributed by atoms with Gasteiger partial charge in [-0.25, -0.2) is 17.6 Å². The van der Waals surface area contributed by atoms with Gasteiger partial charge in [0.2, 0.25) is 0 Å². The Morgan fingerprint density at radius 2 is 1.91 bits per heavy atom. The van der Waals surface area contributed by atoms with Crippen LogP contribution in [0.2, 0.25) is 0 Å². The van der Waals surface area contributed by atoms with Crippen molar-refractivity contribution in [2.24, 2.45) is 0 Å². The van der Waals surface area contributed by atoms with Gasteiger partial charge in [0, 0.05) is 6.08 Å². The van der Waals surface area contributed by atoms with Crippen LogP contribution in [0.1, 0.15) is 5.56 Å². The maximum atomic E-state index is 13.6. The lowest BCUT2D eigenvalue weighted by molar-refractivity contribution is -0.134. The molecule has 0 unspecified atom stereocenters. The fourth-order valence-electron chi connectivity index (χ4n) is 1.77. The van der Waals surface area contributed by atoms with Gasteiger partial charge in [0.15, 0.2) is 0 Å². The van der Waals surface area contributed by atoms with Crippen LogP contribution in [0.3, 0.4) is 0 Å². The van der Waals surface area contributed by atoms with E-state index in [1.165, 1.54) is 55.7 Å². The summed E-state index contributed by atoms with van der Waals surface area (Å²) < 4.78 is 44.8. The molecule has 23 heavy (non-hydrogen) atoms. The number of hydrogen-bond donors (Lipinski definition) is 1. The van der Waals surface area contributed by atoms with Crippen LogP contribution in [0.15, 0.2) is 59.5 Å². The fourth-order valence-corrected chi connectivity index (χ4v) is 2.89. The predicted octanol–water partition coefficient (Wildman–Crippen LogP) is 2.81. The van der Waals surface area contributed by atoms with Crippen molar-refractivity contribution in [2.75, 3.05) is 11.8 Å². The van der Waals surface area contributed by atoms with Crippen molar-refractivity contribution in [3.63, 3.8) is 0 Å². The highest BCUT2D eigenvalue weighted by atomic mass is 32.2. The Kier molecular flexibility index (Phi) is 5.13. The van der Waals surface area contributed by atoms with Crippen LogP contribution in [0, 0.1) is 5.82 Å². The summed E-state index contributed by atoms with van der Waals surface area (Å²) in [6.07, 6.45) is 2.60. The maximum Gasteiger partial charge on any atom is 0.330 e. The third-order valence-corrected chi connectivity index (χ3v) is 4.26. The molecule has 2 aromatic carbocycles. The number of rotatable bonds is 5. The van der Waals surface area contributed by atoms with Gasteiger partial charge in [0.1, 0.15) is 5.82 Å². The molecule has 0 aliphatic heterocycles. The molecule has 0 aromatic heterocycles. The second-order valence-corrected chi connectivity index (χ2v) is 6.20. The monoisotopic (exact) mass is 335 g/mol. The highest BCUT2D eigenvalue weighted by molar-refractivity contribution is 7.92. The van der Waals surface area contributed by atoms with Gasteiger partial charge in [0.25, 0.3) is 10.0 Å². The van der Waals surface area contributed by atoms with Crippen molar-refractivity contribution in [1.82, 2.24) is 0 Å². The number of sulfonamides is 1. The standard InChI is InChI=1S/C16H14FNO4S/c1-22-16(19)10-9-12-5-4-6-13(11-12)23(20,21)18-15-8-3-2-7-14(15)17/h2-11,18H,1H3. The van der Waals surface area contributed by atoms with Gasteiger partial charge in [-0.05, 0) is 35.9 Å². The van der Waals surface area contributed by atoms with E-state index in [0.717, 1.165) is 6.07 Å². The van der Waals surface area contributed by atoms with Crippen molar-refractivity contribution < 1.29 is 22.3 Å². The van der Waals surface area contributed by atoms with Gasteiger partial charge in [-0.15, -0.1) is 0 Å². The lowest BCUT2D eigenvalue weighted by Gasteiger charge is -2.09. The molecule has 0 heterocycles. The second kappa shape index (κ2) is 7.06. The Morgan fingerprint density at radius 3 is 2.61 bits per heavy atom. The Labute approximate surface area is 133 Å². The Bertz CT molecular complexity index is 847. The van der Waals surface area contributed by atoms with Gasteiger partial charge in [0.05, 0.1) is 17.7 Å². The van der Waals surface area contributed by atoms with Crippen LogP contribution in [-0.2, 0) is 19.6 Å². The van der Waals surface area contributed by atoms with E-state index >= 15 is 0 Å². The Morgan fingerprint density at radius 1 is 1.17 bits per heavy atom. The molecule has 1 N–H and O–H groups in total. The number of ether oxygens (including phenoxy) is 1. The highest BCUT2D eigenvalue weighted by Crippen LogP contribution is 2.19. The molecule has 0 aliphatic carbocycles. The molecule has 5 nitrogen and oxygen atoms in total. The van der Waals surface area contributed by atoms with Crippen LogP contribution >= 0.6 is 0 Å². The molecule has 0 radical (unpaired) electrons. The van der Waals surface area contributed by atoms with Gasteiger partial charge >= 0.3 is 5.97 Å². The number of methoxy groups -OCH3 is 1. The molecule has 0 saturated carbocycles. The van der Waals surface area contributed by atoms with Crippen molar-refractivity contribution in [3.8, 4) is 0 Å². The number of para-hydroxylation sites is 1. The number of halogens is 1. The summed E-state index contributed by atoms with van der Waals surface area (Å²) in [4.78, 5) is 11.0. The number of anilines is 1. The summed E-state index contributed by atoms with van der Waals surface area (Å²) in [5.41, 5.74) is 0.356. The third kappa shape index (κ3) is 4.40. The summed E-state index contributed by atoms with van der Waals surface area (Å²) in [5, 5.41) is 0. The van der Waals surface area contributed by atoms with E-state index in [0.29, 0.717) is 5.56 Å². The number of hydrogen-bond acceptors (Lipinski definition) is 4. The Hall–Kier alpha value is -2.67. The van der Waals surface area contributed by atoms with E-state index in [1.807, 2.05) is 0 Å². The maximum absolute atomic E-state index is 13.6. The van der Waals surface area contributed by atoms with Gasteiger partial charge in [-0.1, -0.05) is 24.3 Å².